The Kier molecular flexibility index (Phi) is 6.22. The second-order valence-corrected chi connectivity index (χ2v) is 6.19. The molecule has 0 aliphatic carbocycles. The summed E-state index contributed by atoms with van der Waals surface area (Å²) < 4.78 is 11.1. The van der Waals surface area contributed by atoms with E-state index in [1.165, 1.54) is 0 Å². The largest absolute Gasteiger partial charge is 0.495 e. The lowest BCUT2D eigenvalue weighted by molar-refractivity contribution is -0.905. The van der Waals surface area contributed by atoms with Crippen molar-refractivity contribution in [1.82, 2.24) is 4.98 Å². The minimum atomic E-state index is -0.0776. The molecule has 3 aromatic rings. The molecule has 27 heavy (non-hydrogen) atoms. The number of anilines is 1. The Balaban J connectivity index is 1.61. The number of nitrogens with one attached hydrogen (secondary N) is 2. The monoisotopic (exact) mass is 366 g/mol. The molecular formula is C21H24N3O3+. The fourth-order valence-electron chi connectivity index (χ4n) is 2.82. The first-order valence-corrected chi connectivity index (χ1v) is 8.96. The molecule has 1 unspecified atom stereocenters. The lowest BCUT2D eigenvalue weighted by Crippen LogP contribution is -3.11. The second kappa shape index (κ2) is 9.00. The van der Waals surface area contributed by atoms with E-state index in [9.17, 15) is 4.79 Å². The van der Waals surface area contributed by atoms with Gasteiger partial charge in [-0.2, -0.15) is 0 Å². The molecule has 140 valence electrons. The van der Waals surface area contributed by atoms with Crippen molar-refractivity contribution in [2.45, 2.75) is 13.5 Å². The van der Waals surface area contributed by atoms with Crippen LogP contribution in [0.3, 0.4) is 0 Å². The molecule has 0 aliphatic rings. The first-order chi connectivity index (χ1) is 13.2. The molecule has 0 spiro atoms. The van der Waals surface area contributed by atoms with Crippen molar-refractivity contribution in [3.05, 3.63) is 66.7 Å². The van der Waals surface area contributed by atoms with Gasteiger partial charge in [0.2, 0.25) is 0 Å². The Bertz CT molecular complexity index is 877. The Morgan fingerprint density at radius 2 is 1.89 bits per heavy atom. The summed E-state index contributed by atoms with van der Waals surface area (Å²) in [5.41, 5.74) is 1.66. The number of likely N-dealkylation sites (N-methyl/N-ethyl adjacent to an activating group) is 1. The summed E-state index contributed by atoms with van der Waals surface area (Å²) in [5, 5.41) is 2.91. The maximum absolute atomic E-state index is 12.4. The Morgan fingerprint density at radius 1 is 1.15 bits per heavy atom. The molecule has 6 heteroatoms. The van der Waals surface area contributed by atoms with E-state index in [2.05, 4.69) is 10.3 Å². The zero-order chi connectivity index (χ0) is 19.1. The Labute approximate surface area is 158 Å². The predicted molar refractivity (Wildman–Crippen MR) is 104 cm³/mol. The van der Waals surface area contributed by atoms with Gasteiger partial charge in [0.15, 0.2) is 18.8 Å². The van der Waals surface area contributed by atoms with Crippen LogP contribution in [-0.4, -0.2) is 31.1 Å². The first kappa shape index (κ1) is 18.7. The van der Waals surface area contributed by atoms with Gasteiger partial charge in [0.1, 0.15) is 5.75 Å². The minimum Gasteiger partial charge on any atom is -0.495 e. The zero-order valence-electron chi connectivity index (χ0n) is 15.6. The zero-order valence-corrected chi connectivity index (χ0v) is 15.6. The van der Waals surface area contributed by atoms with Gasteiger partial charge in [0.05, 0.1) is 25.5 Å². The van der Waals surface area contributed by atoms with E-state index < -0.39 is 0 Å². The van der Waals surface area contributed by atoms with E-state index in [4.69, 9.17) is 9.15 Å². The normalized spacial score (nSPS) is 11.8. The molecule has 1 atom stereocenters. The highest BCUT2D eigenvalue weighted by Crippen LogP contribution is 2.22. The number of hydrogen-bond acceptors (Lipinski definition) is 4. The first-order valence-electron chi connectivity index (χ1n) is 8.96. The van der Waals surface area contributed by atoms with Crippen molar-refractivity contribution in [2.75, 3.05) is 25.5 Å². The molecule has 1 aromatic heterocycles. The molecule has 1 heterocycles. The molecule has 1 amide bonds. The molecule has 0 bridgehead atoms. The van der Waals surface area contributed by atoms with Gasteiger partial charge in [-0.05, 0) is 19.1 Å². The van der Waals surface area contributed by atoms with Crippen LogP contribution in [0.2, 0.25) is 0 Å². The van der Waals surface area contributed by atoms with Crippen LogP contribution < -0.4 is 15.0 Å². The third-order valence-electron chi connectivity index (χ3n) is 4.30. The highest BCUT2D eigenvalue weighted by molar-refractivity contribution is 5.92. The highest BCUT2D eigenvalue weighted by atomic mass is 16.5. The van der Waals surface area contributed by atoms with Crippen molar-refractivity contribution in [1.29, 1.82) is 0 Å². The maximum Gasteiger partial charge on any atom is 0.279 e. The van der Waals surface area contributed by atoms with Crippen LogP contribution in [-0.2, 0) is 11.3 Å². The number of hydrogen-bond donors (Lipinski definition) is 2. The van der Waals surface area contributed by atoms with Crippen molar-refractivity contribution in [3.63, 3.8) is 0 Å². The number of methoxy groups -OCH3 is 1. The average Bonchev–Trinajstić information content (AvgIpc) is 3.17. The van der Waals surface area contributed by atoms with Gasteiger partial charge in [-0.15, -0.1) is 0 Å². The molecule has 0 saturated carbocycles. The van der Waals surface area contributed by atoms with Gasteiger partial charge in [0.25, 0.3) is 11.8 Å². The summed E-state index contributed by atoms with van der Waals surface area (Å²) in [6, 6.07) is 17.2. The van der Waals surface area contributed by atoms with Gasteiger partial charge >= 0.3 is 0 Å². The van der Waals surface area contributed by atoms with E-state index in [-0.39, 0.29) is 5.91 Å². The molecule has 2 aromatic carbocycles. The molecule has 0 fully saturated rings. The van der Waals surface area contributed by atoms with Gasteiger partial charge in [-0.3, -0.25) is 4.79 Å². The third-order valence-corrected chi connectivity index (χ3v) is 4.30. The second-order valence-electron chi connectivity index (χ2n) is 6.19. The summed E-state index contributed by atoms with van der Waals surface area (Å²) in [4.78, 5) is 17.8. The lowest BCUT2D eigenvalue weighted by atomic mass is 10.2. The van der Waals surface area contributed by atoms with E-state index in [0.29, 0.717) is 30.4 Å². The summed E-state index contributed by atoms with van der Waals surface area (Å²) in [7, 11) is 1.58. The lowest BCUT2D eigenvalue weighted by Gasteiger charge is -2.16. The standard InChI is InChI=1S/C21H23N3O3/c1-3-24(14-20(25)23-17-11-7-8-12-18(17)26-2)15-21-22-13-19(27-21)16-9-5-4-6-10-16/h4-13H,3,14-15H2,1-2H3,(H,23,25)/p+1. The number of ether oxygens (including phenoxy) is 1. The Morgan fingerprint density at radius 3 is 2.63 bits per heavy atom. The highest BCUT2D eigenvalue weighted by Gasteiger charge is 2.17. The van der Waals surface area contributed by atoms with E-state index in [0.717, 1.165) is 22.8 Å². The summed E-state index contributed by atoms with van der Waals surface area (Å²) in [6.45, 7) is 3.68. The number of benzene rings is 2. The number of nitrogens with zero attached hydrogens (tertiary/aromatic N) is 1. The van der Waals surface area contributed by atoms with Crippen LogP contribution in [0.25, 0.3) is 11.3 Å². The quantitative estimate of drug-likeness (QED) is 0.642. The molecule has 0 radical (unpaired) electrons. The van der Waals surface area contributed by atoms with Crippen LogP contribution in [0.15, 0.2) is 65.2 Å². The smallest absolute Gasteiger partial charge is 0.279 e. The van der Waals surface area contributed by atoms with Crippen LogP contribution in [0, 0.1) is 0 Å². The fraction of sp³-hybridized carbons (Fsp3) is 0.238. The summed E-state index contributed by atoms with van der Waals surface area (Å²) in [6.07, 6.45) is 1.73. The molecular weight excluding hydrogens is 342 g/mol. The van der Waals surface area contributed by atoms with Gasteiger partial charge in [0, 0.05) is 5.56 Å². The molecule has 0 saturated heterocycles. The van der Waals surface area contributed by atoms with Gasteiger partial charge in [-0.1, -0.05) is 42.5 Å². The van der Waals surface area contributed by atoms with Crippen molar-refractivity contribution in [3.8, 4) is 17.1 Å². The van der Waals surface area contributed by atoms with Crippen molar-refractivity contribution in [2.24, 2.45) is 0 Å². The van der Waals surface area contributed by atoms with E-state index in [1.54, 1.807) is 13.3 Å². The van der Waals surface area contributed by atoms with Crippen LogP contribution in [0.5, 0.6) is 5.75 Å². The maximum atomic E-state index is 12.4. The van der Waals surface area contributed by atoms with Crippen LogP contribution >= 0.6 is 0 Å². The number of rotatable bonds is 8. The van der Waals surface area contributed by atoms with Crippen molar-refractivity contribution >= 4 is 11.6 Å². The SMILES string of the molecule is CC[NH+](CC(=O)Nc1ccccc1OC)Cc1ncc(-c2ccccc2)o1. The number of carbonyl (C=O) groups is 1. The number of carbonyl (C=O) groups excluding carboxylic acids is 1. The van der Waals surface area contributed by atoms with E-state index in [1.807, 2.05) is 61.5 Å². The average molecular weight is 366 g/mol. The molecule has 3 rings (SSSR count). The van der Waals surface area contributed by atoms with Crippen LogP contribution in [0.1, 0.15) is 12.8 Å². The predicted octanol–water partition coefficient (Wildman–Crippen LogP) is 2.39. The summed E-state index contributed by atoms with van der Waals surface area (Å²) in [5.74, 6) is 1.92. The van der Waals surface area contributed by atoms with Gasteiger partial charge < -0.3 is 19.4 Å². The number of para-hydroxylation sites is 2. The minimum absolute atomic E-state index is 0.0776. The van der Waals surface area contributed by atoms with E-state index >= 15 is 0 Å². The Hall–Kier alpha value is -3.12. The molecule has 6 nitrogen and oxygen atoms in total. The van der Waals surface area contributed by atoms with Crippen LogP contribution in [0.4, 0.5) is 5.69 Å². The molecule has 0 aliphatic heterocycles. The number of amides is 1. The fourth-order valence-corrected chi connectivity index (χ4v) is 2.82. The third kappa shape index (κ3) is 4.95. The van der Waals surface area contributed by atoms with Gasteiger partial charge in [-0.25, -0.2) is 4.98 Å². The number of aromatic nitrogens is 1. The van der Waals surface area contributed by atoms with Crippen molar-refractivity contribution < 1.29 is 18.8 Å². The number of quaternary nitrogens is 1. The molecule has 2 N–H and O–H groups in total. The topological polar surface area (TPSA) is 68.8 Å². The summed E-state index contributed by atoms with van der Waals surface area (Å²) >= 11 is 0. The number of oxazole rings is 1.